The van der Waals surface area contributed by atoms with Gasteiger partial charge in [-0.1, -0.05) is 0 Å². The summed E-state index contributed by atoms with van der Waals surface area (Å²) in [5.41, 5.74) is 2.07. The minimum atomic E-state index is -2.86. The second kappa shape index (κ2) is 9.99. The second-order valence-electron chi connectivity index (χ2n) is 7.74. The molecular formula is C22H23F3N6O2. The van der Waals surface area contributed by atoms with Gasteiger partial charge in [-0.2, -0.15) is 8.78 Å². The minimum absolute atomic E-state index is 0.0763. The summed E-state index contributed by atoms with van der Waals surface area (Å²) < 4.78 is 44.4. The molecule has 0 atom stereocenters. The van der Waals surface area contributed by atoms with Gasteiger partial charge in [0.15, 0.2) is 0 Å². The van der Waals surface area contributed by atoms with E-state index in [1.807, 2.05) is 7.05 Å². The molecule has 2 aromatic heterocycles. The molecular weight excluding hydrogens is 437 g/mol. The zero-order valence-electron chi connectivity index (χ0n) is 17.9. The van der Waals surface area contributed by atoms with E-state index in [1.165, 1.54) is 23.2 Å². The summed E-state index contributed by atoms with van der Waals surface area (Å²) in [6.07, 6.45) is 1.06. The number of anilines is 2. The van der Waals surface area contributed by atoms with Crippen LogP contribution >= 0.6 is 0 Å². The van der Waals surface area contributed by atoms with Gasteiger partial charge in [0, 0.05) is 19.3 Å². The summed E-state index contributed by atoms with van der Waals surface area (Å²) in [6, 6.07) is 7.87. The van der Waals surface area contributed by atoms with Crippen LogP contribution in [0.2, 0.25) is 0 Å². The van der Waals surface area contributed by atoms with Crippen molar-refractivity contribution in [2.24, 2.45) is 0 Å². The Morgan fingerprint density at radius 2 is 1.97 bits per heavy atom. The molecule has 11 heteroatoms. The summed E-state index contributed by atoms with van der Waals surface area (Å²) in [5.74, 6) is -1.29. The van der Waals surface area contributed by atoms with E-state index in [0.29, 0.717) is 23.4 Å². The van der Waals surface area contributed by atoms with Gasteiger partial charge >= 0.3 is 6.43 Å². The van der Waals surface area contributed by atoms with E-state index < -0.39 is 18.1 Å². The molecule has 1 amide bonds. The molecule has 0 aliphatic carbocycles. The van der Waals surface area contributed by atoms with Crippen LogP contribution in [-0.4, -0.2) is 47.8 Å². The fraction of sp³-hybridized carbons (Fsp3) is 0.364. The maximum Gasteiger partial charge on any atom is 0.314 e. The van der Waals surface area contributed by atoms with Gasteiger partial charge in [0.25, 0.3) is 5.89 Å². The highest BCUT2D eigenvalue weighted by Crippen LogP contribution is 2.33. The highest BCUT2D eigenvalue weighted by Gasteiger charge is 2.23. The van der Waals surface area contributed by atoms with Gasteiger partial charge in [-0.25, -0.2) is 4.39 Å². The van der Waals surface area contributed by atoms with E-state index in [-0.39, 0.29) is 18.5 Å². The number of hydrogen-bond donors (Lipinski definition) is 1. The molecule has 1 aromatic carbocycles. The van der Waals surface area contributed by atoms with Gasteiger partial charge in [0.05, 0.1) is 29.2 Å². The summed E-state index contributed by atoms with van der Waals surface area (Å²) in [7, 11) is 1.95. The maximum absolute atomic E-state index is 14.1. The number of hydrogen-bond acceptors (Lipinski definition) is 7. The topological polar surface area (TPSA) is 87.4 Å². The van der Waals surface area contributed by atoms with Crippen LogP contribution in [0.25, 0.3) is 11.5 Å². The van der Waals surface area contributed by atoms with Gasteiger partial charge in [-0.15, -0.1) is 10.2 Å². The second-order valence-corrected chi connectivity index (χ2v) is 7.74. The van der Waals surface area contributed by atoms with Crippen molar-refractivity contribution < 1.29 is 22.4 Å². The van der Waals surface area contributed by atoms with E-state index in [0.717, 1.165) is 31.6 Å². The van der Waals surface area contributed by atoms with Crippen LogP contribution < -0.4 is 15.1 Å². The number of alkyl halides is 2. The lowest BCUT2D eigenvalue weighted by Crippen LogP contribution is -2.41. The molecule has 174 valence electrons. The molecule has 33 heavy (non-hydrogen) atoms. The van der Waals surface area contributed by atoms with E-state index >= 15 is 0 Å². The highest BCUT2D eigenvalue weighted by molar-refractivity contribution is 5.84. The van der Waals surface area contributed by atoms with Crippen LogP contribution in [0.1, 0.15) is 30.9 Å². The van der Waals surface area contributed by atoms with E-state index in [9.17, 15) is 18.0 Å². The number of aromatic nitrogens is 3. The molecule has 0 spiro atoms. The largest absolute Gasteiger partial charge is 0.415 e. The number of pyridine rings is 1. The van der Waals surface area contributed by atoms with Gasteiger partial charge < -0.3 is 19.5 Å². The lowest BCUT2D eigenvalue weighted by atomic mass is 10.0. The van der Waals surface area contributed by atoms with Gasteiger partial charge in [0.1, 0.15) is 5.82 Å². The van der Waals surface area contributed by atoms with Crippen LogP contribution in [0.5, 0.6) is 0 Å². The average Bonchev–Trinajstić information content (AvgIpc) is 3.34. The smallest absolute Gasteiger partial charge is 0.314 e. The summed E-state index contributed by atoms with van der Waals surface area (Å²) in [6.45, 7) is 1.89. The predicted molar refractivity (Wildman–Crippen MR) is 115 cm³/mol. The third-order valence-corrected chi connectivity index (χ3v) is 5.64. The number of carbonyl (C=O) groups is 1. The van der Waals surface area contributed by atoms with Crippen LogP contribution in [-0.2, 0) is 11.3 Å². The SMILES string of the molecule is CN(c1ccc(F)cc1N(C=O)Cc1ccc(-c2nnc(C(F)F)o2)cn1)C1CCNCC1. The zero-order valence-corrected chi connectivity index (χ0v) is 17.9. The Hall–Kier alpha value is -3.47. The number of halogens is 3. The summed E-state index contributed by atoms with van der Waals surface area (Å²) >= 11 is 0. The molecule has 1 aliphatic rings. The Balaban J connectivity index is 1.55. The Labute approximate surface area is 188 Å². The predicted octanol–water partition coefficient (Wildman–Crippen LogP) is 3.56. The zero-order chi connectivity index (χ0) is 23.4. The van der Waals surface area contributed by atoms with Gasteiger partial charge in [-0.05, 0) is 56.3 Å². The third-order valence-electron chi connectivity index (χ3n) is 5.64. The molecule has 0 unspecified atom stereocenters. The molecule has 3 aromatic rings. The van der Waals surface area contributed by atoms with Gasteiger partial charge in [0.2, 0.25) is 12.3 Å². The Morgan fingerprint density at radius 1 is 1.18 bits per heavy atom. The number of rotatable bonds is 8. The monoisotopic (exact) mass is 460 g/mol. The summed E-state index contributed by atoms with van der Waals surface area (Å²) in [4.78, 5) is 19.7. The molecule has 1 aliphatic heterocycles. The normalized spacial score (nSPS) is 14.5. The lowest BCUT2D eigenvalue weighted by molar-refractivity contribution is -0.107. The molecule has 0 saturated carbocycles. The molecule has 0 bridgehead atoms. The first-order valence-electron chi connectivity index (χ1n) is 10.5. The van der Waals surface area contributed by atoms with Crippen molar-refractivity contribution in [3.05, 3.63) is 53.9 Å². The first-order chi connectivity index (χ1) is 16.0. The van der Waals surface area contributed by atoms with Crippen LogP contribution in [0, 0.1) is 5.82 Å². The number of carbonyl (C=O) groups excluding carboxylic acids is 1. The standard InChI is InChI=1S/C22H23F3N6O2/c1-30(17-6-8-26-9-7-17)18-5-3-15(23)10-19(18)31(13-32)12-16-4-2-14(11-27-16)21-28-29-22(33-21)20(24)25/h2-5,10-11,13,17,20,26H,6-9,12H2,1H3. The minimum Gasteiger partial charge on any atom is -0.415 e. The Bertz CT molecular complexity index is 1090. The van der Waals surface area contributed by atoms with Crippen LogP contribution in [0.15, 0.2) is 40.9 Å². The van der Waals surface area contributed by atoms with Crippen molar-refractivity contribution in [2.75, 3.05) is 29.9 Å². The molecule has 1 saturated heterocycles. The molecule has 3 heterocycles. The van der Waals surface area contributed by atoms with Crippen molar-refractivity contribution in [3.63, 3.8) is 0 Å². The van der Waals surface area contributed by atoms with Crippen molar-refractivity contribution in [1.29, 1.82) is 0 Å². The van der Waals surface area contributed by atoms with E-state index in [2.05, 4.69) is 25.4 Å². The fourth-order valence-electron chi connectivity index (χ4n) is 3.85. The van der Waals surface area contributed by atoms with Crippen LogP contribution in [0.4, 0.5) is 24.5 Å². The first kappa shape index (κ1) is 22.7. The quantitative estimate of drug-likeness (QED) is 0.515. The number of benzene rings is 1. The molecule has 4 rings (SSSR count). The van der Waals surface area contributed by atoms with Crippen LogP contribution in [0.3, 0.4) is 0 Å². The van der Waals surface area contributed by atoms with Crippen molar-refractivity contribution in [2.45, 2.75) is 31.9 Å². The fourth-order valence-corrected chi connectivity index (χ4v) is 3.85. The van der Waals surface area contributed by atoms with Gasteiger partial charge in [-0.3, -0.25) is 9.78 Å². The number of piperidine rings is 1. The van der Waals surface area contributed by atoms with Crippen molar-refractivity contribution in [3.8, 4) is 11.5 Å². The lowest BCUT2D eigenvalue weighted by Gasteiger charge is -2.35. The molecule has 8 nitrogen and oxygen atoms in total. The average molecular weight is 460 g/mol. The first-order valence-corrected chi connectivity index (χ1v) is 10.5. The third kappa shape index (κ3) is 5.14. The maximum atomic E-state index is 14.1. The number of nitrogens with zero attached hydrogens (tertiary/aromatic N) is 5. The van der Waals surface area contributed by atoms with Crippen molar-refractivity contribution >= 4 is 17.8 Å². The van der Waals surface area contributed by atoms with E-state index in [4.69, 9.17) is 4.42 Å². The molecule has 1 N–H and O–H groups in total. The summed E-state index contributed by atoms with van der Waals surface area (Å²) in [5, 5.41) is 10.2. The number of amides is 1. The Kier molecular flexibility index (Phi) is 6.87. The van der Waals surface area contributed by atoms with Crippen molar-refractivity contribution in [1.82, 2.24) is 20.5 Å². The van der Waals surface area contributed by atoms with E-state index in [1.54, 1.807) is 18.2 Å². The number of nitrogens with one attached hydrogen (secondary N) is 1. The highest BCUT2D eigenvalue weighted by atomic mass is 19.3. The molecule has 1 fully saturated rings. The Morgan fingerprint density at radius 3 is 2.61 bits per heavy atom. The molecule has 0 radical (unpaired) electrons.